The van der Waals surface area contributed by atoms with Crippen LogP contribution in [0.25, 0.3) is 0 Å². The molecule has 0 radical (unpaired) electrons. The van der Waals surface area contributed by atoms with Crippen LogP contribution >= 0.6 is 11.6 Å². The van der Waals surface area contributed by atoms with Crippen molar-refractivity contribution in [3.8, 4) is 0 Å². The van der Waals surface area contributed by atoms with Crippen LogP contribution in [0.1, 0.15) is 36.0 Å². The molecule has 0 fully saturated rings. The monoisotopic (exact) mass is 272 g/mol. The average Bonchev–Trinajstić information content (AvgIpc) is 2.80. The van der Waals surface area contributed by atoms with E-state index in [4.69, 9.17) is 16.1 Å². The Morgan fingerprint density at radius 1 is 1.39 bits per heavy atom. The van der Waals surface area contributed by atoms with Crippen LogP contribution in [-0.4, -0.2) is 10.1 Å². The summed E-state index contributed by atoms with van der Waals surface area (Å²) in [6.45, 7) is 1.90. The van der Waals surface area contributed by atoms with Crippen LogP contribution in [0.15, 0.2) is 22.7 Å². The van der Waals surface area contributed by atoms with E-state index in [0.717, 1.165) is 6.07 Å². The molecule has 18 heavy (non-hydrogen) atoms. The third-order valence-electron chi connectivity index (χ3n) is 2.48. The Hall–Kier alpha value is -1.49. The fourth-order valence-electron chi connectivity index (χ4n) is 1.48. The van der Waals surface area contributed by atoms with Crippen LogP contribution < -0.4 is 0 Å². The van der Waals surface area contributed by atoms with Gasteiger partial charge >= 0.3 is 0 Å². The smallest absolute Gasteiger partial charge is 0.231 e. The number of halogens is 3. The molecule has 2 rings (SSSR count). The Balaban J connectivity index is 2.16. The second-order valence-corrected chi connectivity index (χ2v) is 4.36. The normalized spacial score (nSPS) is 12.7. The minimum absolute atomic E-state index is 0.117. The van der Waals surface area contributed by atoms with Crippen LogP contribution in [0.3, 0.4) is 0 Å². The molecule has 0 bridgehead atoms. The van der Waals surface area contributed by atoms with Crippen molar-refractivity contribution in [2.45, 2.75) is 25.1 Å². The van der Waals surface area contributed by atoms with Gasteiger partial charge in [0.15, 0.2) is 5.82 Å². The van der Waals surface area contributed by atoms with E-state index in [1.54, 1.807) is 0 Å². The number of benzene rings is 1. The van der Waals surface area contributed by atoms with Crippen molar-refractivity contribution in [3.63, 3.8) is 0 Å². The van der Waals surface area contributed by atoms with Crippen LogP contribution in [0, 0.1) is 11.6 Å². The van der Waals surface area contributed by atoms with Gasteiger partial charge in [-0.2, -0.15) is 4.98 Å². The van der Waals surface area contributed by atoms with Crippen LogP contribution in [-0.2, 0) is 6.42 Å². The second kappa shape index (κ2) is 5.44. The molecule has 6 heteroatoms. The first kappa shape index (κ1) is 13.0. The maximum atomic E-state index is 13.4. The number of hydrogen-bond acceptors (Lipinski definition) is 3. The van der Waals surface area contributed by atoms with E-state index in [2.05, 4.69) is 10.1 Å². The zero-order chi connectivity index (χ0) is 13.1. The second-order valence-electron chi connectivity index (χ2n) is 3.83. The first-order valence-corrected chi connectivity index (χ1v) is 5.94. The molecule has 1 unspecified atom stereocenters. The molecule has 3 nitrogen and oxygen atoms in total. The SMILES string of the molecule is CCC(Cl)c1noc(Cc2ccc(F)cc2F)n1. The maximum Gasteiger partial charge on any atom is 0.231 e. The topological polar surface area (TPSA) is 38.9 Å². The molecular weight excluding hydrogens is 262 g/mol. The summed E-state index contributed by atoms with van der Waals surface area (Å²) in [4.78, 5) is 4.07. The highest BCUT2D eigenvalue weighted by molar-refractivity contribution is 6.20. The van der Waals surface area contributed by atoms with Gasteiger partial charge in [0.1, 0.15) is 11.6 Å². The maximum absolute atomic E-state index is 13.4. The van der Waals surface area contributed by atoms with Gasteiger partial charge in [0.25, 0.3) is 0 Å². The summed E-state index contributed by atoms with van der Waals surface area (Å²) in [5, 5.41) is 3.40. The summed E-state index contributed by atoms with van der Waals surface area (Å²) in [7, 11) is 0. The number of nitrogens with zero attached hydrogens (tertiary/aromatic N) is 2. The van der Waals surface area contributed by atoms with Gasteiger partial charge in [-0.3, -0.25) is 0 Å². The van der Waals surface area contributed by atoms with E-state index in [1.807, 2.05) is 6.92 Å². The van der Waals surface area contributed by atoms with E-state index in [-0.39, 0.29) is 17.7 Å². The third-order valence-corrected chi connectivity index (χ3v) is 2.98. The van der Waals surface area contributed by atoms with E-state index in [9.17, 15) is 8.78 Å². The number of alkyl halides is 1. The van der Waals surface area contributed by atoms with E-state index < -0.39 is 11.6 Å². The predicted octanol–water partition coefficient (Wildman–Crippen LogP) is 3.63. The number of aromatic nitrogens is 2. The van der Waals surface area contributed by atoms with Gasteiger partial charge in [-0.05, 0) is 18.1 Å². The molecule has 0 saturated heterocycles. The van der Waals surface area contributed by atoms with Gasteiger partial charge in [0.2, 0.25) is 5.89 Å². The third kappa shape index (κ3) is 2.85. The average molecular weight is 273 g/mol. The molecule has 0 spiro atoms. The van der Waals surface area contributed by atoms with Gasteiger partial charge in [-0.25, -0.2) is 8.78 Å². The summed E-state index contributed by atoms with van der Waals surface area (Å²) in [5.74, 6) is -0.603. The lowest BCUT2D eigenvalue weighted by atomic mass is 10.1. The molecule has 0 aliphatic heterocycles. The van der Waals surface area contributed by atoms with Crippen molar-refractivity contribution < 1.29 is 13.3 Å². The highest BCUT2D eigenvalue weighted by Crippen LogP contribution is 2.21. The molecule has 0 aliphatic rings. The fourth-order valence-corrected chi connectivity index (χ4v) is 1.57. The largest absolute Gasteiger partial charge is 0.339 e. The van der Waals surface area contributed by atoms with Gasteiger partial charge < -0.3 is 4.52 Å². The lowest BCUT2D eigenvalue weighted by Gasteiger charge is -1.99. The molecule has 1 atom stereocenters. The predicted molar refractivity (Wildman–Crippen MR) is 62.3 cm³/mol. The first-order valence-electron chi connectivity index (χ1n) is 5.50. The number of hydrogen-bond donors (Lipinski definition) is 0. The molecule has 1 aromatic carbocycles. The van der Waals surface area contributed by atoms with Crippen LogP contribution in [0.2, 0.25) is 0 Å². The summed E-state index contributed by atoms with van der Waals surface area (Å²) in [5.41, 5.74) is 0.300. The summed E-state index contributed by atoms with van der Waals surface area (Å²) < 4.78 is 31.1. The highest BCUT2D eigenvalue weighted by atomic mass is 35.5. The van der Waals surface area contributed by atoms with Crippen LogP contribution in [0.4, 0.5) is 8.78 Å². The molecule has 2 aromatic rings. The Morgan fingerprint density at radius 2 is 2.17 bits per heavy atom. The van der Waals surface area contributed by atoms with Crippen molar-refractivity contribution >= 4 is 11.6 Å². The molecule has 1 heterocycles. The first-order chi connectivity index (χ1) is 8.60. The molecular formula is C12H11ClF2N2O. The minimum Gasteiger partial charge on any atom is -0.339 e. The Bertz CT molecular complexity index is 545. The Kier molecular flexibility index (Phi) is 3.91. The summed E-state index contributed by atoms with van der Waals surface area (Å²) in [6.07, 6.45) is 0.790. The Morgan fingerprint density at radius 3 is 2.83 bits per heavy atom. The zero-order valence-electron chi connectivity index (χ0n) is 9.66. The van der Waals surface area contributed by atoms with E-state index in [0.29, 0.717) is 17.8 Å². The van der Waals surface area contributed by atoms with Gasteiger partial charge in [0, 0.05) is 6.07 Å². The highest BCUT2D eigenvalue weighted by Gasteiger charge is 2.15. The van der Waals surface area contributed by atoms with Gasteiger partial charge in [-0.15, -0.1) is 11.6 Å². The van der Waals surface area contributed by atoms with Crippen molar-refractivity contribution in [3.05, 3.63) is 47.1 Å². The molecule has 0 N–H and O–H groups in total. The zero-order valence-corrected chi connectivity index (χ0v) is 10.4. The number of rotatable bonds is 4. The van der Waals surface area contributed by atoms with Crippen molar-refractivity contribution in [1.29, 1.82) is 0 Å². The quantitative estimate of drug-likeness (QED) is 0.798. The molecule has 0 saturated carbocycles. The summed E-state index contributed by atoms with van der Waals surface area (Å²) in [6, 6.07) is 3.36. The molecule has 0 aliphatic carbocycles. The minimum atomic E-state index is -0.632. The van der Waals surface area contributed by atoms with E-state index >= 15 is 0 Å². The van der Waals surface area contributed by atoms with Gasteiger partial charge in [-0.1, -0.05) is 18.1 Å². The standard InChI is InChI=1S/C12H11ClF2N2O/c1-2-9(13)12-16-11(18-17-12)5-7-3-4-8(14)6-10(7)15/h3-4,6,9H,2,5H2,1H3. The molecule has 0 amide bonds. The van der Waals surface area contributed by atoms with Crippen LogP contribution in [0.5, 0.6) is 0 Å². The molecule has 1 aromatic heterocycles. The van der Waals surface area contributed by atoms with Crippen molar-refractivity contribution in [2.24, 2.45) is 0 Å². The molecule has 96 valence electrons. The van der Waals surface area contributed by atoms with E-state index in [1.165, 1.54) is 12.1 Å². The fraction of sp³-hybridized carbons (Fsp3) is 0.333. The summed E-state index contributed by atoms with van der Waals surface area (Å²) >= 11 is 5.95. The van der Waals surface area contributed by atoms with Crippen molar-refractivity contribution in [1.82, 2.24) is 10.1 Å². The lowest BCUT2D eigenvalue weighted by Crippen LogP contribution is -1.95. The lowest BCUT2D eigenvalue weighted by molar-refractivity contribution is 0.377. The Labute approximate surface area is 108 Å². The van der Waals surface area contributed by atoms with Crippen molar-refractivity contribution in [2.75, 3.05) is 0 Å². The van der Waals surface area contributed by atoms with Gasteiger partial charge in [0.05, 0.1) is 11.8 Å².